The van der Waals surface area contributed by atoms with E-state index in [1.807, 2.05) is 13.8 Å². The first kappa shape index (κ1) is 19.7. The highest BCUT2D eigenvalue weighted by Gasteiger charge is 2.46. The monoisotopic (exact) mass is 407 g/mol. The topological polar surface area (TPSA) is 63.1 Å². The van der Waals surface area contributed by atoms with Gasteiger partial charge in [0.25, 0.3) is 5.91 Å². The van der Waals surface area contributed by atoms with E-state index >= 15 is 0 Å². The molecule has 0 unspecified atom stereocenters. The summed E-state index contributed by atoms with van der Waals surface area (Å²) in [5.41, 5.74) is 1.85. The van der Waals surface area contributed by atoms with Gasteiger partial charge in [0.2, 0.25) is 0 Å². The first-order valence-corrected chi connectivity index (χ1v) is 9.94. The Balaban J connectivity index is 1.66. The van der Waals surface area contributed by atoms with E-state index in [4.69, 9.17) is 0 Å². The van der Waals surface area contributed by atoms with E-state index in [-0.39, 0.29) is 24.4 Å². The number of carbonyl (C=O) groups is 1. The van der Waals surface area contributed by atoms with Gasteiger partial charge in [-0.15, -0.1) is 0 Å². The fourth-order valence-corrected chi connectivity index (χ4v) is 4.29. The number of anilines is 1. The average molecular weight is 407 g/mol. The van der Waals surface area contributed by atoms with Gasteiger partial charge >= 0.3 is 6.18 Å². The Morgan fingerprint density at radius 3 is 2.86 bits per heavy atom. The van der Waals surface area contributed by atoms with Crippen molar-refractivity contribution < 1.29 is 18.0 Å². The molecule has 2 aromatic heterocycles. The zero-order chi connectivity index (χ0) is 20.8. The number of nitrogens with zero attached hydrogens (tertiary/aromatic N) is 4. The number of rotatable bonds is 3. The van der Waals surface area contributed by atoms with E-state index in [0.717, 1.165) is 16.7 Å². The molecule has 6 nitrogen and oxygen atoms in total. The Morgan fingerprint density at radius 2 is 2.17 bits per heavy atom. The maximum Gasteiger partial charge on any atom is 0.410 e. The van der Waals surface area contributed by atoms with Crippen LogP contribution in [0.3, 0.4) is 0 Å². The van der Waals surface area contributed by atoms with E-state index in [2.05, 4.69) is 15.4 Å². The molecule has 156 valence electrons. The van der Waals surface area contributed by atoms with Gasteiger partial charge in [-0.25, -0.2) is 4.68 Å². The van der Waals surface area contributed by atoms with Gasteiger partial charge in [-0.3, -0.25) is 9.78 Å². The second kappa shape index (κ2) is 7.35. The molecule has 1 amide bonds. The molecule has 2 aliphatic rings. The maximum atomic E-state index is 13.6. The molecule has 4 heterocycles. The highest BCUT2D eigenvalue weighted by molar-refractivity contribution is 5.95. The number of likely N-dealkylation sites (tertiary alicyclic amines) is 1. The van der Waals surface area contributed by atoms with Crippen LogP contribution in [0.1, 0.15) is 66.3 Å². The molecule has 1 N–H and O–H groups in total. The lowest BCUT2D eigenvalue weighted by Crippen LogP contribution is -2.39. The van der Waals surface area contributed by atoms with E-state index < -0.39 is 12.2 Å². The highest BCUT2D eigenvalue weighted by atomic mass is 19.4. The average Bonchev–Trinajstić information content (AvgIpc) is 3.32. The third-order valence-electron chi connectivity index (χ3n) is 5.89. The first-order valence-electron chi connectivity index (χ1n) is 9.94. The molecule has 1 fully saturated rings. The lowest BCUT2D eigenvalue weighted by atomic mass is 10.0. The zero-order valence-electron chi connectivity index (χ0n) is 16.4. The van der Waals surface area contributed by atoms with Crippen LogP contribution in [0.2, 0.25) is 0 Å². The smallest absolute Gasteiger partial charge is 0.367 e. The van der Waals surface area contributed by atoms with E-state index in [1.54, 1.807) is 29.4 Å². The van der Waals surface area contributed by atoms with Gasteiger partial charge in [0, 0.05) is 36.6 Å². The molecule has 29 heavy (non-hydrogen) atoms. The minimum Gasteiger partial charge on any atom is -0.367 e. The van der Waals surface area contributed by atoms with Gasteiger partial charge in [-0.05, 0) is 44.2 Å². The van der Waals surface area contributed by atoms with Crippen LogP contribution in [0.15, 0.2) is 24.5 Å². The summed E-state index contributed by atoms with van der Waals surface area (Å²) in [7, 11) is 0. The molecule has 4 rings (SSSR count). The second-order valence-electron chi connectivity index (χ2n) is 7.79. The predicted octanol–water partition coefficient (Wildman–Crippen LogP) is 4.26. The zero-order valence-corrected chi connectivity index (χ0v) is 16.4. The molecule has 0 radical (unpaired) electrons. The molecular weight excluding hydrogens is 383 g/mol. The fraction of sp³-hybridized carbons (Fsp3) is 0.550. The summed E-state index contributed by atoms with van der Waals surface area (Å²) in [5.74, 6) is 0.241. The van der Waals surface area contributed by atoms with Crippen molar-refractivity contribution in [2.75, 3.05) is 11.9 Å². The van der Waals surface area contributed by atoms with Crippen LogP contribution >= 0.6 is 0 Å². The van der Waals surface area contributed by atoms with Crippen LogP contribution < -0.4 is 5.32 Å². The number of hydrogen-bond donors (Lipinski definition) is 1. The number of nitrogens with one attached hydrogen (secondary N) is 1. The molecule has 0 saturated carbocycles. The molecule has 0 aromatic carbocycles. The molecule has 3 atom stereocenters. The largest absolute Gasteiger partial charge is 0.410 e. The maximum absolute atomic E-state index is 13.6. The Bertz CT molecular complexity index is 910. The number of alkyl halides is 3. The van der Waals surface area contributed by atoms with Gasteiger partial charge in [-0.1, -0.05) is 6.92 Å². The number of amides is 1. The summed E-state index contributed by atoms with van der Waals surface area (Å²) in [6, 6.07) is 1.13. The SMILES string of the molecule is CC[C@@H]1C[C@H](C(F)(F)F)n2nc([C@@H]3CCCN3C(=O)c3ccncc3C)cc2N1. The summed E-state index contributed by atoms with van der Waals surface area (Å²) < 4.78 is 41.9. The second-order valence-corrected chi connectivity index (χ2v) is 7.79. The van der Waals surface area contributed by atoms with Crippen LogP contribution in [0.25, 0.3) is 0 Å². The van der Waals surface area contributed by atoms with Gasteiger partial charge in [0.05, 0.1) is 11.7 Å². The van der Waals surface area contributed by atoms with Crippen LogP contribution in [0.4, 0.5) is 19.0 Å². The lowest BCUT2D eigenvalue weighted by molar-refractivity contribution is -0.173. The van der Waals surface area contributed by atoms with E-state index in [1.165, 1.54) is 0 Å². The Hall–Kier alpha value is -2.58. The van der Waals surface area contributed by atoms with Gasteiger partial charge in [0.15, 0.2) is 6.04 Å². The summed E-state index contributed by atoms with van der Waals surface area (Å²) in [4.78, 5) is 18.8. The summed E-state index contributed by atoms with van der Waals surface area (Å²) in [6.07, 6.45) is 0.864. The van der Waals surface area contributed by atoms with Gasteiger partial charge in [0.1, 0.15) is 5.82 Å². The van der Waals surface area contributed by atoms with Crippen LogP contribution in [-0.4, -0.2) is 44.3 Å². The quantitative estimate of drug-likeness (QED) is 0.826. The third kappa shape index (κ3) is 3.58. The number of carbonyl (C=O) groups excluding carboxylic acids is 1. The molecule has 9 heteroatoms. The molecule has 2 aromatic rings. The Labute approximate surface area is 167 Å². The van der Waals surface area contributed by atoms with Crippen LogP contribution in [0, 0.1) is 6.92 Å². The number of hydrogen-bond acceptors (Lipinski definition) is 4. The summed E-state index contributed by atoms with van der Waals surface area (Å²) in [5, 5.41) is 7.49. The number of halogens is 3. The van der Waals surface area contributed by atoms with Crippen molar-refractivity contribution in [2.45, 2.75) is 63.8 Å². The van der Waals surface area contributed by atoms with Crippen molar-refractivity contribution in [2.24, 2.45) is 0 Å². The fourth-order valence-electron chi connectivity index (χ4n) is 4.29. The minimum atomic E-state index is -4.37. The first-order chi connectivity index (χ1) is 13.8. The van der Waals surface area contributed by atoms with Crippen molar-refractivity contribution in [3.63, 3.8) is 0 Å². The van der Waals surface area contributed by atoms with Gasteiger partial charge < -0.3 is 10.2 Å². The van der Waals surface area contributed by atoms with E-state index in [0.29, 0.717) is 36.5 Å². The normalized spacial score (nSPS) is 24.3. The lowest BCUT2D eigenvalue weighted by Gasteiger charge is -2.32. The minimum absolute atomic E-state index is 0.0440. The number of aromatic nitrogens is 3. The predicted molar refractivity (Wildman–Crippen MR) is 102 cm³/mol. The van der Waals surface area contributed by atoms with Crippen molar-refractivity contribution in [3.8, 4) is 0 Å². The van der Waals surface area contributed by atoms with Crippen molar-refractivity contribution in [1.82, 2.24) is 19.7 Å². The molecule has 2 aliphatic heterocycles. The highest BCUT2D eigenvalue weighted by Crippen LogP contribution is 2.42. The Morgan fingerprint density at radius 1 is 1.38 bits per heavy atom. The van der Waals surface area contributed by atoms with Crippen molar-refractivity contribution in [1.29, 1.82) is 0 Å². The summed E-state index contributed by atoms with van der Waals surface area (Å²) >= 11 is 0. The number of pyridine rings is 1. The molecule has 0 bridgehead atoms. The third-order valence-corrected chi connectivity index (χ3v) is 5.89. The number of aryl methyl sites for hydroxylation is 1. The van der Waals surface area contributed by atoms with Crippen LogP contribution in [-0.2, 0) is 0 Å². The van der Waals surface area contributed by atoms with Gasteiger partial charge in [-0.2, -0.15) is 18.3 Å². The molecule has 0 spiro atoms. The molecule has 0 aliphatic carbocycles. The van der Waals surface area contributed by atoms with Crippen molar-refractivity contribution >= 4 is 11.7 Å². The van der Waals surface area contributed by atoms with E-state index in [9.17, 15) is 18.0 Å². The molecular formula is C20H24F3N5O. The standard InChI is InChI=1S/C20H24F3N5O/c1-3-13-9-17(20(21,22)23)28-18(25-13)10-15(26-28)16-5-4-8-27(16)19(29)14-6-7-24-11-12(14)2/h6-7,10-11,13,16-17,25H,3-5,8-9H2,1-2H3/t13-,16+,17-/m1/s1. The number of fused-ring (bicyclic) bond motifs is 1. The molecule has 1 saturated heterocycles. The Kier molecular flexibility index (Phi) is 5.00. The van der Waals surface area contributed by atoms with Crippen molar-refractivity contribution in [3.05, 3.63) is 41.3 Å². The summed E-state index contributed by atoms with van der Waals surface area (Å²) in [6.45, 7) is 4.25. The van der Waals surface area contributed by atoms with Crippen LogP contribution in [0.5, 0.6) is 0 Å².